The number of benzene rings is 2. The number of nitrogens with one attached hydrogen (secondary N) is 1. The molecule has 31 heavy (non-hydrogen) atoms. The standard InChI is InChI=1S/C24H25F2N5/c1-15(24-14-28-30(17(24)3)22-7-5-6-20(26)12-22)27-13-23-16(2)29-31(18(23)4)21-10-8-19(25)9-11-21/h5-12,14-15,27H,13H2,1-4H3/t15-/m1/s1. The molecule has 0 spiro atoms. The summed E-state index contributed by atoms with van der Waals surface area (Å²) in [6.45, 7) is 8.67. The molecule has 2 aromatic heterocycles. The maximum absolute atomic E-state index is 13.6. The van der Waals surface area contributed by atoms with E-state index in [1.165, 1.54) is 24.3 Å². The second-order valence-electron chi connectivity index (χ2n) is 7.72. The van der Waals surface area contributed by atoms with E-state index in [9.17, 15) is 8.78 Å². The lowest BCUT2D eigenvalue weighted by Gasteiger charge is -2.15. The van der Waals surface area contributed by atoms with Gasteiger partial charge < -0.3 is 5.32 Å². The van der Waals surface area contributed by atoms with Crippen LogP contribution in [0.2, 0.25) is 0 Å². The summed E-state index contributed by atoms with van der Waals surface area (Å²) in [4.78, 5) is 0. The van der Waals surface area contributed by atoms with Crippen molar-refractivity contribution in [3.05, 3.63) is 94.6 Å². The van der Waals surface area contributed by atoms with Crippen molar-refractivity contribution in [3.8, 4) is 11.4 Å². The zero-order valence-electron chi connectivity index (χ0n) is 18.0. The SMILES string of the molecule is Cc1nn(-c2ccc(F)cc2)c(C)c1CN[C@H](C)c1cnn(-c2cccc(F)c2)c1C. The summed E-state index contributed by atoms with van der Waals surface area (Å²) in [6, 6.07) is 12.8. The van der Waals surface area contributed by atoms with Gasteiger partial charge in [0.2, 0.25) is 0 Å². The molecule has 0 amide bonds. The molecule has 4 rings (SSSR count). The zero-order chi connectivity index (χ0) is 22.1. The highest BCUT2D eigenvalue weighted by Crippen LogP contribution is 2.23. The van der Waals surface area contributed by atoms with E-state index in [1.807, 2.05) is 37.7 Å². The number of nitrogens with zero attached hydrogens (tertiary/aromatic N) is 4. The maximum Gasteiger partial charge on any atom is 0.125 e. The van der Waals surface area contributed by atoms with Crippen molar-refractivity contribution in [2.75, 3.05) is 0 Å². The van der Waals surface area contributed by atoms with Gasteiger partial charge in [0.15, 0.2) is 0 Å². The molecule has 0 aliphatic carbocycles. The van der Waals surface area contributed by atoms with Crippen LogP contribution < -0.4 is 5.32 Å². The lowest BCUT2D eigenvalue weighted by molar-refractivity contribution is 0.569. The third-order valence-electron chi connectivity index (χ3n) is 5.66. The van der Waals surface area contributed by atoms with E-state index in [1.54, 1.807) is 22.9 Å². The summed E-state index contributed by atoms with van der Waals surface area (Å²) in [7, 11) is 0. The summed E-state index contributed by atoms with van der Waals surface area (Å²) in [5, 5.41) is 12.6. The van der Waals surface area contributed by atoms with Crippen molar-refractivity contribution in [2.24, 2.45) is 0 Å². The molecular formula is C24H25F2N5. The predicted molar refractivity (Wildman–Crippen MR) is 117 cm³/mol. The highest BCUT2D eigenvalue weighted by Gasteiger charge is 2.17. The van der Waals surface area contributed by atoms with E-state index in [2.05, 4.69) is 22.4 Å². The van der Waals surface area contributed by atoms with Gasteiger partial charge in [0.05, 0.1) is 23.3 Å². The van der Waals surface area contributed by atoms with Gasteiger partial charge in [-0.2, -0.15) is 10.2 Å². The molecular weight excluding hydrogens is 396 g/mol. The van der Waals surface area contributed by atoms with Crippen LogP contribution in [-0.2, 0) is 6.54 Å². The van der Waals surface area contributed by atoms with Crippen LogP contribution >= 0.6 is 0 Å². The highest BCUT2D eigenvalue weighted by molar-refractivity contribution is 5.38. The second kappa shape index (κ2) is 8.43. The van der Waals surface area contributed by atoms with Gasteiger partial charge in [0.25, 0.3) is 0 Å². The van der Waals surface area contributed by atoms with Gasteiger partial charge in [-0.3, -0.25) is 0 Å². The largest absolute Gasteiger partial charge is 0.306 e. The second-order valence-corrected chi connectivity index (χ2v) is 7.72. The van der Waals surface area contributed by atoms with E-state index in [-0.39, 0.29) is 17.7 Å². The fraction of sp³-hybridized carbons (Fsp3) is 0.250. The third-order valence-corrected chi connectivity index (χ3v) is 5.66. The number of rotatable bonds is 6. The van der Waals surface area contributed by atoms with Gasteiger partial charge in [-0.15, -0.1) is 0 Å². The minimum Gasteiger partial charge on any atom is -0.306 e. The molecule has 0 bridgehead atoms. The van der Waals surface area contributed by atoms with Crippen LogP contribution in [0.25, 0.3) is 11.4 Å². The van der Waals surface area contributed by atoms with Crippen molar-refractivity contribution in [2.45, 2.75) is 40.3 Å². The maximum atomic E-state index is 13.6. The van der Waals surface area contributed by atoms with E-state index in [0.29, 0.717) is 12.2 Å². The van der Waals surface area contributed by atoms with Crippen LogP contribution in [0.15, 0.2) is 54.7 Å². The molecule has 0 radical (unpaired) electrons. The predicted octanol–water partition coefficient (Wildman–Crippen LogP) is 5.11. The van der Waals surface area contributed by atoms with Crippen molar-refractivity contribution in [3.63, 3.8) is 0 Å². The molecule has 2 aromatic carbocycles. The van der Waals surface area contributed by atoms with Gasteiger partial charge in [-0.1, -0.05) is 6.07 Å². The first-order chi connectivity index (χ1) is 14.8. The topological polar surface area (TPSA) is 47.7 Å². The average Bonchev–Trinajstić information content (AvgIpc) is 3.26. The van der Waals surface area contributed by atoms with Gasteiger partial charge in [0.1, 0.15) is 11.6 Å². The number of hydrogen-bond donors (Lipinski definition) is 1. The molecule has 160 valence electrons. The fourth-order valence-electron chi connectivity index (χ4n) is 3.85. The summed E-state index contributed by atoms with van der Waals surface area (Å²) in [5.74, 6) is -0.556. The van der Waals surface area contributed by atoms with Crippen molar-refractivity contribution < 1.29 is 8.78 Å². The first kappa shape index (κ1) is 20.9. The van der Waals surface area contributed by atoms with Crippen molar-refractivity contribution in [1.29, 1.82) is 0 Å². The van der Waals surface area contributed by atoms with Gasteiger partial charge in [-0.05, 0) is 70.2 Å². The Morgan fingerprint density at radius 2 is 1.65 bits per heavy atom. The minimum absolute atomic E-state index is 0.0373. The quantitative estimate of drug-likeness (QED) is 0.471. The van der Waals surface area contributed by atoms with E-state index < -0.39 is 0 Å². The van der Waals surface area contributed by atoms with Crippen molar-refractivity contribution >= 4 is 0 Å². The highest BCUT2D eigenvalue weighted by atomic mass is 19.1. The van der Waals surface area contributed by atoms with Gasteiger partial charge in [0, 0.05) is 35.1 Å². The van der Waals surface area contributed by atoms with Crippen LogP contribution in [0.1, 0.15) is 41.2 Å². The number of hydrogen-bond acceptors (Lipinski definition) is 3. The normalized spacial score (nSPS) is 12.3. The molecule has 0 unspecified atom stereocenters. The van der Waals surface area contributed by atoms with Crippen LogP contribution in [0.4, 0.5) is 8.78 Å². The lowest BCUT2D eigenvalue weighted by Crippen LogP contribution is -2.19. The Balaban J connectivity index is 1.52. The Morgan fingerprint density at radius 3 is 2.35 bits per heavy atom. The third kappa shape index (κ3) is 4.14. The summed E-state index contributed by atoms with van der Waals surface area (Å²) >= 11 is 0. The molecule has 0 saturated heterocycles. The van der Waals surface area contributed by atoms with Crippen LogP contribution in [0.3, 0.4) is 0 Å². The zero-order valence-corrected chi connectivity index (χ0v) is 18.0. The molecule has 0 saturated carbocycles. The average molecular weight is 421 g/mol. The van der Waals surface area contributed by atoms with E-state index in [0.717, 1.165) is 33.9 Å². The Morgan fingerprint density at radius 1 is 0.903 bits per heavy atom. The molecule has 0 aliphatic heterocycles. The van der Waals surface area contributed by atoms with E-state index in [4.69, 9.17) is 0 Å². The Labute approximate surface area is 180 Å². The Bertz CT molecular complexity index is 1210. The molecule has 0 fully saturated rings. The smallest absolute Gasteiger partial charge is 0.125 e. The molecule has 4 aromatic rings. The molecule has 7 heteroatoms. The number of aromatic nitrogens is 4. The van der Waals surface area contributed by atoms with Gasteiger partial charge >= 0.3 is 0 Å². The fourth-order valence-corrected chi connectivity index (χ4v) is 3.85. The molecule has 1 atom stereocenters. The van der Waals surface area contributed by atoms with Crippen molar-refractivity contribution in [1.82, 2.24) is 24.9 Å². The lowest BCUT2D eigenvalue weighted by atomic mass is 10.1. The number of halogens is 2. The summed E-state index contributed by atoms with van der Waals surface area (Å²) < 4.78 is 30.4. The monoisotopic (exact) mass is 421 g/mol. The number of aryl methyl sites for hydroxylation is 1. The molecule has 0 aliphatic rings. The molecule has 2 heterocycles. The van der Waals surface area contributed by atoms with Crippen LogP contribution in [0, 0.1) is 32.4 Å². The van der Waals surface area contributed by atoms with Crippen LogP contribution in [-0.4, -0.2) is 19.6 Å². The first-order valence-electron chi connectivity index (χ1n) is 10.2. The molecule has 1 N–H and O–H groups in total. The van der Waals surface area contributed by atoms with E-state index >= 15 is 0 Å². The minimum atomic E-state index is -0.288. The summed E-state index contributed by atoms with van der Waals surface area (Å²) in [5.41, 5.74) is 6.57. The van der Waals surface area contributed by atoms with Gasteiger partial charge in [-0.25, -0.2) is 18.1 Å². The molecule has 5 nitrogen and oxygen atoms in total. The van der Waals surface area contributed by atoms with Crippen LogP contribution in [0.5, 0.6) is 0 Å². The Kier molecular flexibility index (Phi) is 5.69. The Hall–Kier alpha value is -3.32. The summed E-state index contributed by atoms with van der Waals surface area (Å²) in [6.07, 6.45) is 1.82. The first-order valence-corrected chi connectivity index (χ1v) is 10.2.